The van der Waals surface area contributed by atoms with Crippen molar-refractivity contribution in [1.82, 2.24) is 29.3 Å². The number of piperidine rings is 1. The summed E-state index contributed by atoms with van der Waals surface area (Å²) in [5.74, 6) is 0.952. The molecule has 3 saturated heterocycles. The molecule has 0 radical (unpaired) electrons. The zero-order chi connectivity index (χ0) is 27.6. The van der Waals surface area contributed by atoms with Gasteiger partial charge in [0.1, 0.15) is 22.8 Å². The normalized spacial score (nSPS) is 26.7. The Hall–Kier alpha value is -3.73. The Balaban J connectivity index is 1.11. The lowest BCUT2D eigenvalue weighted by Crippen LogP contribution is -2.51. The number of carbonyl (C=O) groups is 2. The summed E-state index contributed by atoms with van der Waals surface area (Å²) >= 11 is 0. The molecule has 11 heteroatoms. The van der Waals surface area contributed by atoms with Crippen molar-refractivity contribution in [2.75, 3.05) is 37.9 Å². The van der Waals surface area contributed by atoms with Crippen molar-refractivity contribution in [3.63, 3.8) is 0 Å². The summed E-state index contributed by atoms with van der Waals surface area (Å²) in [4.78, 5) is 45.5. The predicted molar refractivity (Wildman–Crippen MR) is 151 cm³/mol. The maximum Gasteiger partial charge on any atom is 0.415 e. The molecule has 4 aliphatic rings. The van der Waals surface area contributed by atoms with Gasteiger partial charge in [-0.1, -0.05) is 12.8 Å². The first kappa shape index (κ1) is 25.3. The first-order valence-corrected chi connectivity index (χ1v) is 14.4. The van der Waals surface area contributed by atoms with E-state index in [2.05, 4.69) is 31.8 Å². The SMILES string of the molecule is CN(C)C(=O)c1cc2cnc(Nc3ccc(N4CC5(C[C@H]6CC[C@@H](C5)N6C)OC4=O)cn3)nc2n1C1CCCC1. The highest BCUT2D eigenvalue weighted by atomic mass is 16.6. The molecule has 3 aliphatic heterocycles. The van der Waals surface area contributed by atoms with E-state index in [1.807, 2.05) is 18.2 Å². The molecule has 6 heterocycles. The number of aromatic nitrogens is 4. The van der Waals surface area contributed by atoms with Crippen LogP contribution in [-0.4, -0.2) is 86.7 Å². The van der Waals surface area contributed by atoms with E-state index >= 15 is 0 Å². The van der Waals surface area contributed by atoms with Crippen LogP contribution < -0.4 is 10.2 Å². The fraction of sp³-hybridized carbons (Fsp3) is 0.552. The molecule has 3 aromatic rings. The third-order valence-electron chi connectivity index (χ3n) is 9.36. The van der Waals surface area contributed by atoms with E-state index in [1.165, 1.54) is 12.8 Å². The van der Waals surface area contributed by atoms with Gasteiger partial charge in [-0.25, -0.2) is 14.8 Å². The zero-order valence-electron chi connectivity index (χ0n) is 23.3. The van der Waals surface area contributed by atoms with E-state index < -0.39 is 5.60 Å². The van der Waals surface area contributed by atoms with E-state index in [1.54, 1.807) is 36.3 Å². The molecular formula is C29H36N8O3. The highest BCUT2D eigenvalue weighted by molar-refractivity contribution is 5.98. The van der Waals surface area contributed by atoms with Gasteiger partial charge in [-0.2, -0.15) is 4.98 Å². The van der Waals surface area contributed by atoms with Crippen LogP contribution in [0.1, 0.15) is 67.9 Å². The van der Waals surface area contributed by atoms with Gasteiger partial charge >= 0.3 is 6.09 Å². The fourth-order valence-corrected chi connectivity index (χ4v) is 7.29. The van der Waals surface area contributed by atoms with E-state index in [0.717, 1.165) is 55.2 Å². The van der Waals surface area contributed by atoms with Crippen LogP contribution in [0.25, 0.3) is 11.0 Å². The molecule has 3 atom stereocenters. The van der Waals surface area contributed by atoms with Crippen molar-refractivity contribution in [3.8, 4) is 0 Å². The largest absolute Gasteiger partial charge is 0.441 e. The van der Waals surface area contributed by atoms with Crippen molar-refractivity contribution in [3.05, 3.63) is 36.3 Å². The molecule has 1 N–H and O–H groups in total. The van der Waals surface area contributed by atoms with E-state index in [-0.39, 0.29) is 18.0 Å². The second-order valence-corrected chi connectivity index (χ2v) is 12.1. The number of nitrogens with one attached hydrogen (secondary N) is 1. The number of pyridine rings is 1. The van der Waals surface area contributed by atoms with E-state index in [9.17, 15) is 9.59 Å². The van der Waals surface area contributed by atoms with Crippen LogP contribution >= 0.6 is 0 Å². The zero-order valence-corrected chi connectivity index (χ0v) is 23.3. The summed E-state index contributed by atoms with van der Waals surface area (Å²) < 4.78 is 8.10. The van der Waals surface area contributed by atoms with Gasteiger partial charge in [0.25, 0.3) is 5.91 Å². The number of fused-ring (bicyclic) bond motifs is 3. The van der Waals surface area contributed by atoms with Crippen molar-refractivity contribution >= 4 is 40.5 Å². The van der Waals surface area contributed by atoms with Gasteiger partial charge in [0, 0.05) is 56.6 Å². The molecule has 0 aromatic carbocycles. The second-order valence-electron chi connectivity index (χ2n) is 12.1. The molecular weight excluding hydrogens is 508 g/mol. The average molecular weight is 545 g/mol. The lowest BCUT2D eigenvalue weighted by Gasteiger charge is -2.41. The number of nitrogens with zero attached hydrogens (tertiary/aromatic N) is 7. The fourth-order valence-electron chi connectivity index (χ4n) is 7.29. The molecule has 1 unspecified atom stereocenters. The van der Waals surface area contributed by atoms with Crippen molar-refractivity contribution < 1.29 is 14.3 Å². The van der Waals surface area contributed by atoms with Crippen molar-refractivity contribution in [2.24, 2.45) is 0 Å². The first-order valence-electron chi connectivity index (χ1n) is 14.4. The van der Waals surface area contributed by atoms with Crippen molar-refractivity contribution in [1.29, 1.82) is 0 Å². The number of rotatable bonds is 5. The van der Waals surface area contributed by atoms with Crippen LogP contribution in [0, 0.1) is 0 Å². The van der Waals surface area contributed by atoms with E-state index in [4.69, 9.17) is 9.72 Å². The van der Waals surface area contributed by atoms with Gasteiger partial charge < -0.3 is 24.4 Å². The van der Waals surface area contributed by atoms with Gasteiger partial charge in [-0.3, -0.25) is 9.69 Å². The molecule has 11 nitrogen and oxygen atoms in total. The van der Waals surface area contributed by atoms with Gasteiger partial charge in [-0.05, 0) is 50.9 Å². The van der Waals surface area contributed by atoms with Crippen LogP contribution in [0.3, 0.4) is 0 Å². The van der Waals surface area contributed by atoms with Crippen LogP contribution in [0.2, 0.25) is 0 Å². The molecule has 1 saturated carbocycles. The number of amides is 2. The Kier molecular flexibility index (Phi) is 5.95. The van der Waals surface area contributed by atoms with Crippen LogP contribution in [0.4, 0.5) is 22.2 Å². The topological polar surface area (TPSA) is 109 Å². The third kappa shape index (κ3) is 4.18. The van der Waals surface area contributed by atoms with Crippen LogP contribution in [0.15, 0.2) is 30.6 Å². The van der Waals surface area contributed by atoms with Gasteiger partial charge in [0.15, 0.2) is 0 Å². The summed E-state index contributed by atoms with van der Waals surface area (Å²) in [5, 5.41) is 4.05. The molecule has 2 bridgehead atoms. The Labute approximate surface area is 233 Å². The maximum absolute atomic E-state index is 13.0. The minimum absolute atomic E-state index is 0.0354. The maximum atomic E-state index is 13.0. The summed E-state index contributed by atoms with van der Waals surface area (Å²) in [5.41, 5.74) is 1.71. The summed E-state index contributed by atoms with van der Waals surface area (Å²) in [7, 11) is 5.73. The molecule has 3 aromatic heterocycles. The average Bonchev–Trinajstić information content (AvgIpc) is 3.70. The number of hydrogen-bond acceptors (Lipinski definition) is 8. The Morgan fingerprint density at radius 1 is 1.05 bits per heavy atom. The number of carbonyl (C=O) groups excluding carboxylic acids is 2. The minimum Gasteiger partial charge on any atom is -0.441 e. The molecule has 210 valence electrons. The molecule has 1 aliphatic carbocycles. The molecule has 7 rings (SSSR count). The molecule has 40 heavy (non-hydrogen) atoms. The van der Waals surface area contributed by atoms with Gasteiger partial charge in [0.05, 0.1) is 18.4 Å². The van der Waals surface area contributed by atoms with Gasteiger partial charge in [0.2, 0.25) is 5.95 Å². The lowest BCUT2D eigenvalue weighted by molar-refractivity contribution is -0.0221. The van der Waals surface area contributed by atoms with Gasteiger partial charge in [-0.15, -0.1) is 0 Å². The molecule has 2 amide bonds. The monoisotopic (exact) mass is 544 g/mol. The van der Waals surface area contributed by atoms with Crippen molar-refractivity contribution in [2.45, 2.75) is 75.1 Å². The van der Waals surface area contributed by atoms with Crippen LogP contribution in [-0.2, 0) is 4.74 Å². The van der Waals surface area contributed by atoms with E-state index in [0.29, 0.717) is 36.1 Å². The quantitative estimate of drug-likeness (QED) is 0.505. The third-order valence-corrected chi connectivity index (χ3v) is 9.36. The summed E-state index contributed by atoms with van der Waals surface area (Å²) in [6.45, 7) is 0.563. The molecule has 4 fully saturated rings. The summed E-state index contributed by atoms with van der Waals surface area (Å²) in [6.07, 6.45) is 11.6. The first-order chi connectivity index (χ1) is 19.3. The van der Waals surface area contributed by atoms with Crippen LogP contribution in [0.5, 0.6) is 0 Å². The smallest absolute Gasteiger partial charge is 0.415 e. The Bertz CT molecular complexity index is 1450. The molecule has 1 spiro atoms. The minimum atomic E-state index is -0.406. The summed E-state index contributed by atoms with van der Waals surface area (Å²) in [6, 6.07) is 6.83. The number of anilines is 3. The Morgan fingerprint density at radius 3 is 2.48 bits per heavy atom. The standard InChI is InChI=1S/C29H36N8O3/c1-34(2)26(38)23-12-18-15-31-27(33-25(18)37(23)19-6-4-5-7-19)32-24-11-10-22(16-30-24)36-17-29(40-28(36)39)13-20-8-9-21(14-29)35(20)3/h10-12,15-16,19-21H,4-9,13-14,17H2,1-3H3,(H,30,31,32,33)/t20-,21+,29?. The lowest BCUT2D eigenvalue weighted by atomic mass is 9.86. The number of hydrogen-bond donors (Lipinski definition) is 1. The predicted octanol–water partition coefficient (Wildman–Crippen LogP) is 4.34. The highest BCUT2D eigenvalue weighted by Crippen LogP contribution is 2.45. The second kappa shape index (κ2) is 9.43. The number of ether oxygens (including phenoxy) is 1. The Morgan fingerprint density at radius 2 is 1.80 bits per heavy atom. The highest BCUT2D eigenvalue weighted by Gasteiger charge is 2.54.